The van der Waals surface area contributed by atoms with Gasteiger partial charge in [-0.1, -0.05) is 36.4 Å². The fraction of sp³-hybridized carbons (Fsp3) is 0.524. The zero-order valence-electron chi connectivity index (χ0n) is 30.2. The van der Waals surface area contributed by atoms with Crippen LogP contribution in [0.15, 0.2) is 60.7 Å². The quantitative estimate of drug-likeness (QED) is 0.133. The van der Waals surface area contributed by atoms with Gasteiger partial charge in [0.2, 0.25) is 0 Å². The molecule has 1 unspecified atom stereocenters. The van der Waals surface area contributed by atoms with E-state index in [1.54, 1.807) is 0 Å². The third kappa shape index (κ3) is 10.9. The summed E-state index contributed by atoms with van der Waals surface area (Å²) in [5.41, 5.74) is 8.37. The topological polar surface area (TPSA) is 89.1 Å². The maximum Gasteiger partial charge on any atom is 0.251 e. The van der Waals surface area contributed by atoms with Gasteiger partial charge in [0, 0.05) is 31.5 Å². The van der Waals surface area contributed by atoms with Gasteiger partial charge in [-0.05, 0) is 155 Å². The lowest BCUT2D eigenvalue weighted by Gasteiger charge is -2.34. The number of carbonyl (C=O) groups is 2. The fourth-order valence-electron chi connectivity index (χ4n) is 7.35. The molecule has 2 heterocycles. The van der Waals surface area contributed by atoms with E-state index in [1.165, 1.54) is 42.9 Å². The van der Waals surface area contributed by atoms with E-state index in [2.05, 4.69) is 51.9 Å². The summed E-state index contributed by atoms with van der Waals surface area (Å²) in [6.45, 7) is 7.41. The van der Waals surface area contributed by atoms with E-state index in [9.17, 15) is 4.79 Å². The Hall–Kier alpha value is -3.72. The van der Waals surface area contributed by atoms with Crippen LogP contribution >= 0.6 is 0 Å². The van der Waals surface area contributed by atoms with Crippen LogP contribution in [-0.2, 0) is 27.1 Å². The summed E-state index contributed by atoms with van der Waals surface area (Å²) in [6.07, 6.45) is 13.2. The predicted molar refractivity (Wildman–Crippen MR) is 201 cm³/mol. The maximum absolute atomic E-state index is 12.7. The number of rotatable bonds is 14. The third-order valence-electron chi connectivity index (χ3n) is 10.2. The molecule has 2 saturated heterocycles. The maximum atomic E-state index is 12.7. The van der Waals surface area contributed by atoms with Gasteiger partial charge in [-0.2, -0.15) is 0 Å². The molecule has 1 atom stereocenters. The molecule has 1 aliphatic carbocycles. The van der Waals surface area contributed by atoms with Gasteiger partial charge < -0.3 is 34.5 Å². The van der Waals surface area contributed by atoms with E-state index < -0.39 is 0 Å². The normalized spacial score (nSPS) is 17.9. The van der Waals surface area contributed by atoms with E-state index in [4.69, 9.17) is 19.0 Å². The molecule has 0 spiro atoms. The minimum atomic E-state index is -0.0672. The first-order valence-corrected chi connectivity index (χ1v) is 18.9. The van der Waals surface area contributed by atoms with E-state index in [0.717, 1.165) is 106 Å². The highest BCUT2D eigenvalue weighted by Gasteiger charge is 2.26. The number of aldehydes is 1. The molecule has 8 heteroatoms. The number of nitrogens with one attached hydrogen (secondary N) is 2. The number of benzene rings is 3. The van der Waals surface area contributed by atoms with Crippen molar-refractivity contribution in [3.05, 3.63) is 82.9 Å². The Morgan fingerprint density at radius 3 is 2.30 bits per heavy atom. The van der Waals surface area contributed by atoms with Gasteiger partial charge >= 0.3 is 0 Å². The molecular formula is C42H57N3O5. The molecule has 0 bridgehead atoms. The Balaban J connectivity index is 0.00000156. The van der Waals surface area contributed by atoms with E-state index in [1.807, 2.05) is 31.3 Å². The van der Waals surface area contributed by atoms with Crippen molar-refractivity contribution in [2.75, 3.05) is 58.4 Å². The van der Waals surface area contributed by atoms with Gasteiger partial charge in [0.05, 0.1) is 6.61 Å². The summed E-state index contributed by atoms with van der Waals surface area (Å²) in [7, 11) is 1.92. The summed E-state index contributed by atoms with van der Waals surface area (Å²) in [5, 5.41) is 6.26. The number of anilines is 1. The third-order valence-corrected chi connectivity index (χ3v) is 10.2. The Morgan fingerprint density at radius 2 is 1.60 bits per heavy atom. The van der Waals surface area contributed by atoms with Gasteiger partial charge in [-0.15, -0.1) is 0 Å². The molecule has 3 aromatic carbocycles. The van der Waals surface area contributed by atoms with Crippen LogP contribution in [-0.4, -0.2) is 76.4 Å². The van der Waals surface area contributed by atoms with Crippen LogP contribution in [0.1, 0.15) is 97.7 Å². The number of hydrogen-bond acceptors (Lipinski definition) is 7. The van der Waals surface area contributed by atoms with Gasteiger partial charge in [0.1, 0.15) is 18.6 Å². The van der Waals surface area contributed by atoms with Crippen molar-refractivity contribution in [1.82, 2.24) is 10.2 Å². The van der Waals surface area contributed by atoms with Crippen LogP contribution in [0.5, 0.6) is 5.75 Å². The number of nitrogens with zero attached hydrogens (tertiary/aromatic N) is 1. The lowest BCUT2D eigenvalue weighted by atomic mass is 9.83. The Labute approximate surface area is 299 Å². The SMILES string of the molecule is CC=O.CNc1ccc(-c2ccc(C(=O)NCCCCN3CCC(c4ccc5c(c4OCCOC4CCCCO4)CCCC5)CC3)cc2)cc1. The van der Waals surface area contributed by atoms with Crippen molar-refractivity contribution in [2.45, 2.75) is 89.8 Å². The summed E-state index contributed by atoms with van der Waals surface area (Å²) >= 11 is 0. The highest BCUT2D eigenvalue weighted by atomic mass is 16.7. The molecule has 2 aliphatic heterocycles. The van der Waals surface area contributed by atoms with Gasteiger partial charge in [-0.3, -0.25) is 4.79 Å². The van der Waals surface area contributed by atoms with E-state index >= 15 is 0 Å². The van der Waals surface area contributed by atoms with Crippen molar-refractivity contribution >= 4 is 17.9 Å². The first-order valence-electron chi connectivity index (χ1n) is 18.9. The van der Waals surface area contributed by atoms with Crippen molar-refractivity contribution < 1.29 is 23.8 Å². The Bertz CT molecular complexity index is 1460. The zero-order valence-corrected chi connectivity index (χ0v) is 30.2. The largest absolute Gasteiger partial charge is 0.491 e. The minimum absolute atomic E-state index is 0.000139. The summed E-state index contributed by atoms with van der Waals surface area (Å²) in [5.74, 6) is 1.69. The van der Waals surface area contributed by atoms with Crippen LogP contribution in [0.2, 0.25) is 0 Å². The number of unbranched alkanes of at least 4 members (excludes halogenated alkanes) is 1. The van der Waals surface area contributed by atoms with Crippen LogP contribution in [0.25, 0.3) is 11.1 Å². The van der Waals surface area contributed by atoms with Gasteiger partial charge in [-0.25, -0.2) is 0 Å². The van der Waals surface area contributed by atoms with Crippen LogP contribution < -0.4 is 15.4 Å². The highest BCUT2D eigenvalue weighted by molar-refractivity contribution is 5.94. The molecule has 3 aromatic rings. The van der Waals surface area contributed by atoms with Crippen molar-refractivity contribution in [1.29, 1.82) is 0 Å². The second-order valence-electron chi connectivity index (χ2n) is 13.6. The Kier molecular flexibility index (Phi) is 15.2. The number of piperidine rings is 1. The number of hydrogen-bond donors (Lipinski definition) is 2. The molecule has 8 nitrogen and oxygen atoms in total. The van der Waals surface area contributed by atoms with E-state index in [-0.39, 0.29) is 12.2 Å². The number of likely N-dealkylation sites (tertiary alicyclic amines) is 1. The Morgan fingerprint density at radius 1 is 0.880 bits per heavy atom. The lowest BCUT2D eigenvalue weighted by Crippen LogP contribution is -2.34. The smallest absolute Gasteiger partial charge is 0.251 e. The summed E-state index contributed by atoms with van der Waals surface area (Å²) < 4.78 is 18.3. The molecule has 2 fully saturated rings. The van der Waals surface area contributed by atoms with Gasteiger partial charge in [0.25, 0.3) is 5.91 Å². The fourth-order valence-corrected chi connectivity index (χ4v) is 7.35. The van der Waals surface area contributed by atoms with E-state index in [0.29, 0.717) is 31.2 Å². The lowest BCUT2D eigenvalue weighted by molar-refractivity contribution is -0.165. The number of aryl methyl sites for hydroxylation is 1. The summed E-state index contributed by atoms with van der Waals surface area (Å²) in [4.78, 5) is 24.1. The second-order valence-corrected chi connectivity index (χ2v) is 13.6. The molecule has 50 heavy (non-hydrogen) atoms. The number of ether oxygens (including phenoxy) is 3. The molecule has 3 aliphatic rings. The monoisotopic (exact) mass is 683 g/mol. The molecule has 270 valence electrons. The van der Waals surface area contributed by atoms with Crippen molar-refractivity contribution in [3.63, 3.8) is 0 Å². The average Bonchev–Trinajstić information content (AvgIpc) is 3.17. The number of carbonyl (C=O) groups excluding carboxylic acids is 2. The number of fused-ring (bicyclic) bond motifs is 1. The van der Waals surface area contributed by atoms with Crippen LogP contribution in [0, 0.1) is 0 Å². The highest BCUT2D eigenvalue weighted by Crippen LogP contribution is 2.40. The average molecular weight is 684 g/mol. The molecular weight excluding hydrogens is 626 g/mol. The molecule has 2 N–H and O–H groups in total. The molecule has 0 radical (unpaired) electrons. The molecule has 0 saturated carbocycles. The zero-order chi connectivity index (χ0) is 35.0. The van der Waals surface area contributed by atoms with Crippen LogP contribution in [0.4, 0.5) is 5.69 Å². The molecule has 1 amide bonds. The van der Waals surface area contributed by atoms with Crippen molar-refractivity contribution in [3.8, 4) is 16.9 Å². The predicted octanol–water partition coefficient (Wildman–Crippen LogP) is 7.79. The second kappa shape index (κ2) is 20.2. The molecule has 6 rings (SSSR count). The number of amides is 1. The summed E-state index contributed by atoms with van der Waals surface area (Å²) in [6, 6.07) is 20.9. The first kappa shape index (κ1) is 37.5. The molecule has 0 aromatic heterocycles. The minimum Gasteiger partial charge on any atom is -0.491 e. The van der Waals surface area contributed by atoms with Crippen LogP contribution in [0.3, 0.4) is 0 Å². The van der Waals surface area contributed by atoms with Crippen molar-refractivity contribution in [2.24, 2.45) is 0 Å². The first-order chi connectivity index (χ1) is 24.6. The standard InChI is InChI=1S/C40H53N3O4.C2H4O/c1-41-35-18-15-31(16-19-35)30-11-13-34(14-12-30)40(44)42-23-5-6-24-43-25-21-33(22-26-43)37-20-17-32-8-2-3-9-36(32)39(37)47-29-28-46-38-10-4-7-27-45-38;1-2-3/h11-20,33,38,41H,2-10,21-29H2,1H3,(H,42,44);2H,1H3. The van der Waals surface area contributed by atoms with Gasteiger partial charge in [0.15, 0.2) is 6.29 Å².